The highest BCUT2D eigenvalue weighted by molar-refractivity contribution is 8.01. The van der Waals surface area contributed by atoms with Gasteiger partial charge in [0.25, 0.3) is 0 Å². The Labute approximate surface area is 118 Å². The van der Waals surface area contributed by atoms with E-state index in [9.17, 15) is 9.59 Å². The van der Waals surface area contributed by atoms with E-state index < -0.39 is 5.97 Å². The van der Waals surface area contributed by atoms with Crippen LogP contribution in [0, 0.1) is 0 Å². The lowest BCUT2D eigenvalue weighted by molar-refractivity contribution is -0.137. The van der Waals surface area contributed by atoms with Gasteiger partial charge < -0.3 is 14.6 Å². The monoisotopic (exact) mass is 302 g/mol. The summed E-state index contributed by atoms with van der Waals surface area (Å²) in [7, 11) is 0. The molecule has 0 saturated heterocycles. The average Bonchev–Trinajstić information content (AvgIpc) is 2.76. The minimum Gasteiger partial charge on any atom is -0.484 e. The Morgan fingerprint density at radius 3 is 2.74 bits per heavy atom. The summed E-state index contributed by atoms with van der Waals surface area (Å²) in [5.74, 6) is 1.27. The molecular weight excluding hydrogens is 288 g/mol. The summed E-state index contributed by atoms with van der Waals surface area (Å²) in [5.41, 5.74) is 0. The van der Waals surface area contributed by atoms with Gasteiger partial charge in [-0.25, -0.2) is 0 Å². The predicted molar refractivity (Wildman–Crippen MR) is 72.9 cm³/mol. The minimum atomic E-state index is -0.765. The molecule has 104 valence electrons. The normalized spacial score (nSPS) is 13.3. The zero-order chi connectivity index (χ0) is 13.7. The highest BCUT2D eigenvalue weighted by Gasteiger charge is 2.24. The van der Waals surface area contributed by atoms with E-state index in [1.54, 1.807) is 11.8 Å². The largest absolute Gasteiger partial charge is 0.484 e. The van der Waals surface area contributed by atoms with Crippen molar-refractivity contribution in [1.29, 1.82) is 0 Å². The minimum absolute atomic E-state index is 0.197. The third kappa shape index (κ3) is 3.63. The molecule has 0 aliphatic carbocycles. The maximum absolute atomic E-state index is 10.9. The molecule has 0 saturated carbocycles. The molecule has 5 nitrogen and oxygen atoms in total. The molecule has 1 aromatic heterocycles. The Morgan fingerprint density at radius 2 is 2.05 bits per heavy atom. The smallest absolute Gasteiger partial charge is 0.303 e. The molecule has 0 atom stereocenters. The van der Waals surface area contributed by atoms with Crippen molar-refractivity contribution in [3.63, 3.8) is 0 Å². The molecule has 0 radical (unpaired) electrons. The Hall–Kier alpha value is -1.21. The number of unbranched alkanes of at least 4 members (excludes halogenated alkanes) is 1. The second-order valence-electron chi connectivity index (χ2n) is 3.93. The zero-order valence-corrected chi connectivity index (χ0v) is 11.8. The van der Waals surface area contributed by atoms with Gasteiger partial charge >= 0.3 is 5.97 Å². The molecule has 19 heavy (non-hydrogen) atoms. The first-order valence-corrected chi connectivity index (χ1v) is 7.74. The molecule has 0 unspecified atom stereocenters. The standard InChI is InChI=1S/C12H14O5S2/c13-7-8-10-11(17-5-4-16-10)12(19-8)18-6-2-1-3-9(14)15/h7H,1-6H2,(H,14,15). The van der Waals surface area contributed by atoms with Gasteiger partial charge in [-0.05, 0) is 18.6 Å². The number of hydrogen-bond acceptors (Lipinski definition) is 6. The Bertz CT molecular complexity index is 469. The molecule has 1 N–H and O–H groups in total. The summed E-state index contributed by atoms with van der Waals surface area (Å²) in [6.45, 7) is 0.960. The van der Waals surface area contributed by atoms with Crippen molar-refractivity contribution < 1.29 is 24.2 Å². The van der Waals surface area contributed by atoms with Gasteiger partial charge in [0, 0.05) is 6.42 Å². The van der Waals surface area contributed by atoms with Crippen molar-refractivity contribution in [3.8, 4) is 11.5 Å². The molecule has 7 heteroatoms. The SMILES string of the molecule is O=Cc1sc(SCCCCC(=O)O)c2c1OCCO2. The van der Waals surface area contributed by atoms with Crippen LogP contribution in [0.3, 0.4) is 0 Å². The number of thiophene rings is 1. The highest BCUT2D eigenvalue weighted by atomic mass is 32.2. The van der Waals surface area contributed by atoms with Gasteiger partial charge in [0.1, 0.15) is 22.3 Å². The second kappa shape index (κ2) is 6.81. The average molecular weight is 302 g/mol. The molecular formula is C12H14O5S2. The van der Waals surface area contributed by atoms with Crippen LogP contribution in [0.5, 0.6) is 11.5 Å². The Kier molecular flexibility index (Phi) is 5.09. The van der Waals surface area contributed by atoms with E-state index in [2.05, 4.69) is 0 Å². The fourth-order valence-corrected chi connectivity index (χ4v) is 3.97. The van der Waals surface area contributed by atoms with Gasteiger partial charge in [0.05, 0.1) is 0 Å². The molecule has 1 aromatic rings. The van der Waals surface area contributed by atoms with E-state index in [1.165, 1.54) is 11.3 Å². The van der Waals surface area contributed by atoms with Crippen LogP contribution in [-0.2, 0) is 4.79 Å². The van der Waals surface area contributed by atoms with Crippen LogP contribution < -0.4 is 9.47 Å². The number of aldehydes is 1. The van der Waals surface area contributed by atoms with Crippen LogP contribution in [-0.4, -0.2) is 36.3 Å². The van der Waals surface area contributed by atoms with Crippen LogP contribution in [0.1, 0.15) is 28.9 Å². The highest BCUT2D eigenvalue weighted by Crippen LogP contribution is 2.48. The number of thioether (sulfide) groups is 1. The first kappa shape index (κ1) is 14.2. The second-order valence-corrected chi connectivity index (χ2v) is 6.34. The van der Waals surface area contributed by atoms with Gasteiger partial charge in [-0.1, -0.05) is 0 Å². The third-order valence-corrected chi connectivity index (χ3v) is 4.94. The lowest BCUT2D eigenvalue weighted by atomic mass is 10.3. The molecule has 2 rings (SSSR count). The number of carbonyl (C=O) groups is 2. The first-order chi connectivity index (χ1) is 9.22. The summed E-state index contributed by atoms with van der Waals surface area (Å²) in [6.07, 6.45) is 2.46. The number of carboxylic acid groups (broad SMARTS) is 1. The molecule has 1 aliphatic heterocycles. The summed E-state index contributed by atoms with van der Waals surface area (Å²) < 4.78 is 11.9. The first-order valence-electron chi connectivity index (χ1n) is 5.94. The lowest BCUT2D eigenvalue weighted by Gasteiger charge is -2.16. The van der Waals surface area contributed by atoms with Gasteiger partial charge in [-0.15, -0.1) is 23.1 Å². The van der Waals surface area contributed by atoms with Crippen molar-refractivity contribution in [2.75, 3.05) is 19.0 Å². The number of carboxylic acids is 1. The third-order valence-electron chi connectivity index (χ3n) is 2.52. The number of fused-ring (bicyclic) bond motifs is 1. The summed E-state index contributed by atoms with van der Waals surface area (Å²) in [5, 5.41) is 8.54. The van der Waals surface area contributed by atoms with Gasteiger partial charge in [0.15, 0.2) is 17.8 Å². The number of aliphatic carboxylic acids is 1. The number of rotatable bonds is 7. The van der Waals surface area contributed by atoms with E-state index in [0.29, 0.717) is 36.0 Å². The van der Waals surface area contributed by atoms with Crippen LogP contribution in [0.4, 0.5) is 0 Å². The van der Waals surface area contributed by atoms with Crippen LogP contribution >= 0.6 is 23.1 Å². The van der Waals surface area contributed by atoms with Crippen molar-refractivity contribution >= 4 is 35.4 Å². The van der Waals surface area contributed by atoms with Crippen LogP contribution in [0.15, 0.2) is 4.21 Å². The van der Waals surface area contributed by atoms with Crippen molar-refractivity contribution in [2.45, 2.75) is 23.5 Å². The van der Waals surface area contributed by atoms with E-state index in [-0.39, 0.29) is 6.42 Å². The van der Waals surface area contributed by atoms with Gasteiger partial charge in [0.2, 0.25) is 0 Å². The van der Waals surface area contributed by atoms with Crippen molar-refractivity contribution in [1.82, 2.24) is 0 Å². The molecule has 0 bridgehead atoms. The van der Waals surface area contributed by atoms with Crippen molar-refractivity contribution in [2.24, 2.45) is 0 Å². The topological polar surface area (TPSA) is 72.8 Å². The lowest BCUT2D eigenvalue weighted by Crippen LogP contribution is -2.15. The number of carbonyl (C=O) groups excluding carboxylic acids is 1. The summed E-state index contributed by atoms with van der Waals surface area (Å²) in [6, 6.07) is 0. The Morgan fingerprint density at radius 1 is 1.32 bits per heavy atom. The maximum atomic E-state index is 10.9. The molecule has 2 heterocycles. The molecule has 0 spiro atoms. The van der Waals surface area contributed by atoms with E-state index in [1.807, 2.05) is 0 Å². The summed E-state index contributed by atoms with van der Waals surface area (Å²) in [4.78, 5) is 21.9. The summed E-state index contributed by atoms with van der Waals surface area (Å²) >= 11 is 2.95. The van der Waals surface area contributed by atoms with Gasteiger partial charge in [-0.3, -0.25) is 9.59 Å². The van der Waals surface area contributed by atoms with E-state index in [0.717, 1.165) is 22.7 Å². The molecule has 0 aromatic carbocycles. The van der Waals surface area contributed by atoms with Crippen LogP contribution in [0.2, 0.25) is 0 Å². The van der Waals surface area contributed by atoms with Crippen molar-refractivity contribution in [3.05, 3.63) is 4.88 Å². The number of hydrogen-bond donors (Lipinski definition) is 1. The molecule has 0 fully saturated rings. The zero-order valence-electron chi connectivity index (χ0n) is 10.2. The maximum Gasteiger partial charge on any atom is 0.303 e. The Balaban J connectivity index is 1.91. The van der Waals surface area contributed by atoms with E-state index >= 15 is 0 Å². The van der Waals surface area contributed by atoms with E-state index in [4.69, 9.17) is 14.6 Å². The fraction of sp³-hybridized carbons (Fsp3) is 0.500. The predicted octanol–water partition coefficient (Wildman–Crippen LogP) is 2.68. The molecule has 1 aliphatic rings. The fourth-order valence-electron chi connectivity index (χ4n) is 1.66. The quantitative estimate of drug-likeness (QED) is 0.474. The number of ether oxygens (including phenoxy) is 2. The molecule has 0 amide bonds. The van der Waals surface area contributed by atoms with Crippen LogP contribution in [0.25, 0.3) is 0 Å². The van der Waals surface area contributed by atoms with Gasteiger partial charge in [-0.2, -0.15) is 0 Å².